The molecular formula is C23H31N3O6S. The summed E-state index contributed by atoms with van der Waals surface area (Å²) >= 11 is 0. The van der Waals surface area contributed by atoms with Crippen LogP contribution in [0.3, 0.4) is 0 Å². The molecule has 0 aliphatic heterocycles. The summed E-state index contributed by atoms with van der Waals surface area (Å²) in [7, 11) is -2.40. The topological polar surface area (TPSA) is 118 Å². The van der Waals surface area contributed by atoms with Gasteiger partial charge in [-0.05, 0) is 55.7 Å². The van der Waals surface area contributed by atoms with Crippen LogP contribution in [0.1, 0.15) is 44.8 Å². The zero-order chi connectivity index (χ0) is 23.8. The summed E-state index contributed by atoms with van der Waals surface area (Å²) < 4.78 is 38.0. The van der Waals surface area contributed by atoms with E-state index < -0.39 is 28.5 Å². The smallest absolute Gasteiger partial charge is 0.243 e. The van der Waals surface area contributed by atoms with Crippen LogP contribution in [0.5, 0.6) is 5.75 Å². The highest BCUT2D eigenvalue weighted by atomic mass is 32.2. The number of carbonyl (C=O) groups excluding carboxylic acids is 2. The number of ether oxygens (including phenoxy) is 1. The lowest BCUT2D eigenvalue weighted by molar-refractivity contribution is -0.142. The van der Waals surface area contributed by atoms with E-state index in [9.17, 15) is 18.0 Å². The fraction of sp³-hybridized carbons (Fsp3) is 0.478. The van der Waals surface area contributed by atoms with E-state index >= 15 is 0 Å². The second-order valence-corrected chi connectivity index (χ2v) is 9.73. The number of hydrogen-bond acceptors (Lipinski definition) is 6. The molecule has 0 saturated heterocycles. The lowest BCUT2D eigenvalue weighted by Gasteiger charge is -2.35. The van der Waals surface area contributed by atoms with E-state index in [0.29, 0.717) is 17.9 Å². The maximum absolute atomic E-state index is 13.2. The summed E-state index contributed by atoms with van der Waals surface area (Å²) in [6, 6.07) is 8.62. The van der Waals surface area contributed by atoms with Crippen LogP contribution in [-0.4, -0.2) is 50.9 Å². The molecule has 2 amide bonds. The highest BCUT2D eigenvalue weighted by Gasteiger charge is 2.35. The van der Waals surface area contributed by atoms with Gasteiger partial charge in [0.15, 0.2) is 0 Å². The molecule has 1 saturated carbocycles. The predicted octanol–water partition coefficient (Wildman–Crippen LogP) is 2.43. The molecular weight excluding hydrogens is 446 g/mol. The number of sulfonamides is 1. The van der Waals surface area contributed by atoms with Gasteiger partial charge < -0.3 is 19.4 Å². The van der Waals surface area contributed by atoms with Crippen LogP contribution < -0.4 is 14.8 Å². The van der Waals surface area contributed by atoms with Crippen LogP contribution in [0.15, 0.2) is 52.0 Å². The summed E-state index contributed by atoms with van der Waals surface area (Å²) in [5.74, 6) is 0.444. The van der Waals surface area contributed by atoms with Crippen molar-refractivity contribution in [1.29, 1.82) is 0 Å². The van der Waals surface area contributed by atoms with E-state index in [1.165, 1.54) is 37.6 Å². The van der Waals surface area contributed by atoms with Gasteiger partial charge in [0.25, 0.3) is 0 Å². The lowest BCUT2D eigenvalue weighted by atomic mass is 10.1. The van der Waals surface area contributed by atoms with Crippen LogP contribution >= 0.6 is 0 Å². The highest BCUT2D eigenvalue weighted by Crippen LogP contribution is 2.26. The van der Waals surface area contributed by atoms with Crippen LogP contribution in [0.25, 0.3) is 0 Å². The molecule has 0 bridgehead atoms. The Hall–Kier alpha value is -2.85. The maximum Gasteiger partial charge on any atom is 0.243 e. The first-order valence-electron chi connectivity index (χ1n) is 11.1. The van der Waals surface area contributed by atoms with Gasteiger partial charge >= 0.3 is 0 Å². The molecule has 0 radical (unpaired) electrons. The molecule has 2 N–H and O–H groups in total. The van der Waals surface area contributed by atoms with Crippen molar-refractivity contribution < 1.29 is 27.2 Å². The van der Waals surface area contributed by atoms with E-state index in [2.05, 4.69) is 10.0 Å². The van der Waals surface area contributed by atoms with Gasteiger partial charge in [-0.25, -0.2) is 13.1 Å². The zero-order valence-corrected chi connectivity index (χ0v) is 19.8. The minimum atomic E-state index is -3.90. The number of rotatable bonds is 11. The van der Waals surface area contributed by atoms with Crippen molar-refractivity contribution in [2.24, 2.45) is 0 Å². The van der Waals surface area contributed by atoms with Crippen LogP contribution in [0.4, 0.5) is 0 Å². The quantitative estimate of drug-likeness (QED) is 0.513. The Kier molecular flexibility index (Phi) is 8.51. The normalized spacial score (nSPS) is 15.2. The van der Waals surface area contributed by atoms with Crippen molar-refractivity contribution >= 4 is 21.8 Å². The first-order chi connectivity index (χ1) is 15.9. The average Bonchev–Trinajstić information content (AvgIpc) is 3.54. The third-order valence-electron chi connectivity index (χ3n) is 5.83. The molecule has 1 aromatic carbocycles. The molecule has 1 atom stereocenters. The minimum Gasteiger partial charge on any atom is -0.497 e. The van der Waals surface area contributed by atoms with Crippen LogP contribution in [0, 0.1) is 0 Å². The third-order valence-corrected chi connectivity index (χ3v) is 7.25. The number of benzene rings is 1. The van der Waals surface area contributed by atoms with E-state index in [1.54, 1.807) is 17.0 Å². The Morgan fingerprint density at radius 2 is 1.88 bits per heavy atom. The monoisotopic (exact) mass is 477 g/mol. The number of hydrogen-bond donors (Lipinski definition) is 2. The first-order valence-corrected chi connectivity index (χ1v) is 12.6. The first kappa shape index (κ1) is 24.8. The van der Waals surface area contributed by atoms with Crippen LogP contribution in [0.2, 0.25) is 0 Å². The predicted molar refractivity (Wildman–Crippen MR) is 122 cm³/mol. The average molecular weight is 478 g/mol. The van der Waals surface area contributed by atoms with E-state index in [-0.39, 0.29) is 23.4 Å². The zero-order valence-electron chi connectivity index (χ0n) is 19.0. The minimum absolute atomic E-state index is 0.0340. The SMILES string of the molecule is CC[C@H](C(=O)NCc1ccco1)N(C(=O)CNS(=O)(=O)c1ccc(OC)cc1)C1CCCC1. The van der Waals surface area contributed by atoms with Gasteiger partial charge in [0.2, 0.25) is 21.8 Å². The molecule has 1 heterocycles. The Bertz CT molecular complexity index is 1010. The van der Waals surface area contributed by atoms with Gasteiger partial charge in [0.1, 0.15) is 17.6 Å². The van der Waals surface area contributed by atoms with Gasteiger partial charge in [-0.2, -0.15) is 0 Å². The Morgan fingerprint density at radius 3 is 2.45 bits per heavy atom. The summed E-state index contributed by atoms with van der Waals surface area (Å²) in [5, 5.41) is 2.83. The molecule has 9 nitrogen and oxygen atoms in total. The third kappa shape index (κ3) is 6.35. The molecule has 0 unspecified atom stereocenters. The number of nitrogens with zero attached hydrogens (tertiary/aromatic N) is 1. The second-order valence-electron chi connectivity index (χ2n) is 7.96. The molecule has 180 valence electrons. The van der Waals surface area contributed by atoms with Gasteiger partial charge in [0, 0.05) is 6.04 Å². The molecule has 10 heteroatoms. The molecule has 1 aliphatic carbocycles. The number of methoxy groups -OCH3 is 1. The number of furan rings is 1. The van der Waals surface area contributed by atoms with Crippen molar-refractivity contribution in [3.8, 4) is 5.75 Å². The molecule has 3 rings (SSSR count). The highest BCUT2D eigenvalue weighted by molar-refractivity contribution is 7.89. The molecule has 2 aromatic rings. The fourth-order valence-corrected chi connectivity index (χ4v) is 5.09. The summed E-state index contributed by atoms with van der Waals surface area (Å²) in [6.45, 7) is 1.64. The fourth-order valence-electron chi connectivity index (χ4n) is 4.11. The van der Waals surface area contributed by atoms with E-state index in [0.717, 1.165) is 25.7 Å². The number of carbonyl (C=O) groups is 2. The summed E-state index contributed by atoms with van der Waals surface area (Å²) in [5.41, 5.74) is 0. The number of amides is 2. The summed E-state index contributed by atoms with van der Waals surface area (Å²) in [6.07, 6.45) is 5.46. The Morgan fingerprint density at radius 1 is 1.18 bits per heavy atom. The second kappa shape index (κ2) is 11.3. The molecule has 1 aliphatic rings. The van der Waals surface area contributed by atoms with Crippen molar-refractivity contribution in [3.05, 3.63) is 48.4 Å². The number of nitrogens with one attached hydrogen (secondary N) is 2. The largest absolute Gasteiger partial charge is 0.497 e. The Labute approximate surface area is 194 Å². The van der Waals surface area contributed by atoms with Gasteiger partial charge in [-0.15, -0.1) is 0 Å². The molecule has 0 spiro atoms. The standard InChI is InChI=1S/C23H31N3O6S/c1-3-21(23(28)24-15-19-9-6-14-32-19)26(17-7-4-5-8-17)22(27)16-25-33(29,30)20-12-10-18(31-2)11-13-20/h6,9-14,17,21,25H,3-5,7-8,15-16H2,1-2H3,(H,24,28)/t21-/m1/s1. The molecule has 33 heavy (non-hydrogen) atoms. The van der Waals surface area contributed by atoms with Crippen LogP contribution in [-0.2, 0) is 26.2 Å². The van der Waals surface area contributed by atoms with Gasteiger partial charge in [-0.1, -0.05) is 19.8 Å². The van der Waals surface area contributed by atoms with E-state index in [4.69, 9.17) is 9.15 Å². The Balaban J connectivity index is 1.70. The van der Waals surface area contributed by atoms with E-state index in [1.807, 2.05) is 6.92 Å². The molecule has 1 fully saturated rings. The van der Waals surface area contributed by atoms with Gasteiger partial charge in [-0.3, -0.25) is 9.59 Å². The van der Waals surface area contributed by atoms with Crippen molar-refractivity contribution in [2.45, 2.75) is 62.6 Å². The van der Waals surface area contributed by atoms with Crippen molar-refractivity contribution in [2.75, 3.05) is 13.7 Å². The molecule has 1 aromatic heterocycles. The van der Waals surface area contributed by atoms with Crippen molar-refractivity contribution in [1.82, 2.24) is 14.9 Å². The lowest BCUT2D eigenvalue weighted by Crippen LogP contribution is -2.55. The van der Waals surface area contributed by atoms with Gasteiger partial charge in [0.05, 0.1) is 31.4 Å². The van der Waals surface area contributed by atoms with Crippen molar-refractivity contribution in [3.63, 3.8) is 0 Å². The maximum atomic E-state index is 13.2. The summed E-state index contributed by atoms with van der Waals surface area (Å²) in [4.78, 5) is 27.8.